The van der Waals surface area contributed by atoms with Gasteiger partial charge in [0.1, 0.15) is 11.8 Å². The van der Waals surface area contributed by atoms with E-state index >= 15 is 0 Å². The van der Waals surface area contributed by atoms with Gasteiger partial charge >= 0.3 is 0 Å². The highest BCUT2D eigenvalue weighted by Gasteiger charge is 2.31. The normalized spacial score (nSPS) is 11.8. The van der Waals surface area contributed by atoms with E-state index in [1.807, 2.05) is 63.2 Å². The van der Waals surface area contributed by atoms with Crippen molar-refractivity contribution in [3.63, 3.8) is 0 Å². The summed E-state index contributed by atoms with van der Waals surface area (Å²) >= 11 is 16.0. The number of rotatable bonds is 11. The topological polar surface area (TPSA) is 58.6 Å². The van der Waals surface area contributed by atoms with Gasteiger partial charge in [0.2, 0.25) is 5.91 Å². The second kappa shape index (κ2) is 13.8. The van der Waals surface area contributed by atoms with E-state index in [9.17, 15) is 9.59 Å². The molecule has 3 aromatic rings. The predicted molar refractivity (Wildman–Crippen MR) is 153 cm³/mol. The Morgan fingerprint density at radius 1 is 1.03 bits per heavy atom. The Labute approximate surface area is 237 Å². The molecule has 5 nitrogen and oxygen atoms in total. The van der Waals surface area contributed by atoms with Crippen molar-refractivity contribution in [1.29, 1.82) is 0 Å². The molecule has 37 heavy (non-hydrogen) atoms. The molecule has 0 heterocycles. The maximum atomic E-state index is 13.7. The minimum atomic E-state index is -0.768. The molecule has 8 heteroatoms. The second-order valence-electron chi connectivity index (χ2n) is 9.30. The average molecular weight is 606 g/mol. The van der Waals surface area contributed by atoms with Gasteiger partial charge in [0.15, 0.2) is 6.61 Å². The molecule has 0 aliphatic carbocycles. The lowest BCUT2D eigenvalue weighted by molar-refractivity contribution is -0.142. The van der Waals surface area contributed by atoms with E-state index in [4.69, 9.17) is 27.9 Å². The molecule has 3 aromatic carbocycles. The SMILES string of the molecule is Cc1cc(OCC(=O)N(Cc2ccc(Cl)cc2Cl)[C@H](Cc2ccccc2)C(=O)NCC(C)C)ccc1Br. The van der Waals surface area contributed by atoms with Crippen LogP contribution in [0, 0.1) is 12.8 Å². The number of amides is 2. The van der Waals surface area contributed by atoms with Crippen LogP contribution in [0.1, 0.15) is 30.5 Å². The van der Waals surface area contributed by atoms with Crippen LogP contribution in [-0.2, 0) is 22.6 Å². The van der Waals surface area contributed by atoms with Crippen LogP contribution in [0.2, 0.25) is 10.0 Å². The number of nitrogens with zero attached hydrogens (tertiary/aromatic N) is 1. The summed E-state index contributed by atoms with van der Waals surface area (Å²) < 4.78 is 6.81. The van der Waals surface area contributed by atoms with Crippen LogP contribution in [0.5, 0.6) is 5.75 Å². The molecule has 0 aliphatic heterocycles. The fourth-order valence-electron chi connectivity index (χ4n) is 3.74. The van der Waals surface area contributed by atoms with Crippen LogP contribution in [0.3, 0.4) is 0 Å². The van der Waals surface area contributed by atoms with Crippen molar-refractivity contribution in [2.75, 3.05) is 13.2 Å². The number of aryl methyl sites for hydroxylation is 1. The first-order valence-electron chi connectivity index (χ1n) is 12.1. The van der Waals surface area contributed by atoms with Gasteiger partial charge in [-0.3, -0.25) is 9.59 Å². The largest absolute Gasteiger partial charge is 0.484 e. The standard InChI is InChI=1S/C29H31BrCl2N2O3/c1-19(2)16-33-29(36)27(14-21-7-5-4-6-8-21)34(17-22-9-10-23(31)15-26(22)32)28(35)18-37-24-11-12-25(30)20(3)13-24/h4-13,15,19,27H,14,16-18H2,1-3H3,(H,33,36)/t27-/m1/s1. The third kappa shape index (κ3) is 8.77. The fourth-order valence-corrected chi connectivity index (χ4v) is 4.46. The molecule has 0 saturated carbocycles. The number of hydrogen-bond acceptors (Lipinski definition) is 3. The lowest BCUT2D eigenvalue weighted by atomic mass is 10.0. The molecule has 0 spiro atoms. The zero-order chi connectivity index (χ0) is 26.9. The Bertz CT molecular complexity index is 1220. The third-order valence-corrected chi connectivity index (χ3v) is 7.28. The Balaban J connectivity index is 1.93. The fraction of sp³-hybridized carbons (Fsp3) is 0.310. The van der Waals surface area contributed by atoms with Gasteiger partial charge in [-0.2, -0.15) is 0 Å². The summed E-state index contributed by atoms with van der Waals surface area (Å²) in [6, 6.07) is 19.5. The zero-order valence-electron chi connectivity index (χ0n) is 21.1. The van der Waals surface area contributed by atoms with Crippen LogP contribution >= 0.6 is 39.1 Å². The summed E-state index contributed by atoms with van der Waals surface area (Å²) in [5.41, 5.74) is 2.62. The number of carbonyl (C=O) groups is 2. The Morgan fingerprint density at radius 2 is 1.76 bits per heavy atom. The van der Waals surface area contributed by atoms with E-state index in [1.165, 1.54) is 0 Å². The van der Waals surface area contributed by atoms with Gasteiger partial charge < -0.3 is 15.0 Å². The van der Waals surface area contributed by atoms with Crippen LogP contribution < -0.4 is 10.1 Å². The zero-order valence-corrected chi connectivity index (χ0v) is 24.2. The lowest BCUT2D eigenvalue weighted by Gasteiger charge is -2.32. The number of hydrogen-bond donors (Lipinski definition) is 1. The van der Waals surface area contributed by atoms with E-state index in [0.717, 1.165) is 15.6 Å². The van der Waals surface area contributed by atoms with Crippen LogP contribution in [0.15, 0.2) is 71.2 Å². The maximum Gasteiger partial charge on any atom is 0.261 e. The van der Waals surface area contributed by atoms with Crippen molar-refractivity contribution in [1.82, 2.24) is 10.2 Å². The van der Waals surface area contributed by atoms with E-state index in [-0.39, 0.29) is 30.9 Å². The second-order valence-corrected chi connectivity index (χ2v) is 11.0. The van der Waals surface area contributed by atoms with Crippen molar-refractivity contribution in [3.8, 4) is 5.75 Å². The number of carbonyl (C=O) groups excluding carboxylic acids is 2. The lowest BCUT2D eigenvalue weighted by Crippen LogP contribution is -2.52. The van der Waals surface area contributed by atoms with Crippen molar-refractivity contribution >= 4 is 50.9 Å². The van der Waals surface area contributed by atoms with E-state index in [1.54, 1.807) is 29.2 Å². The van der Waals surface area contributed by atoms with Gasteiger partial charge in [-0.15, -0.1) is 0 Å². The molecule has 0 aliphatic rings. The van der Waals surface area contributed by atoms with E-state index < -0.39 is 6.04 Å². The average Bonchev–Trinajstić information content (AvgIpc) is 2.87. The first-order chi connectivity index (χ1) is 17.6. The molecule has 0 bridgehead atoms. The van der Waals surface area contributed by atoms with Gasteiger partial charge in [0.25, 0.3) is 5.91 Å². The van der Waals surface area contributed by atoms with Crippen LogP contribution in [0.25, 0.3) is 0 Å². The van der Waals surface area contributed by atoms with Gasteiger partial charge in [-0.25, -0.2) is 0 Å². The summed E-state index contributed by atoms with van der Waals surface area (Å²) in [7, 11) is 0. The smallest absolute Gasteiger partial charge is 0.261 e. The molecule has 2 amide bonds. The summed E-state index contributed by atoms with van der Waals surface area (Å²) in [6.45, 7) is 6.40. The monoisotopic (exact) mass is 604 g/mol. The third-order valence-electron chi connectivity index (χ3n) is 5.80. The number of halogens is 3. The molecule has 1 atom stereocenters. The van der Waals surface area contributed by atoms with Crippen molar-refractivity contribution < 1.29 is 14.3 Å². The minimum absolute atomic E-state index is 0.129. The Kier molecular flexibility index (Phi) is 10.9. The van der Waals surface area contributed by atoms with Crippen molar-refractivity contribution in [2.24, 2.45) is 5.92 Å². The van der Waals surface area contributed by atoms with Crippen molar-refractivity contribution in [2.45, 2.75) is 39.8 Å². The highest BCUT2D eigenvalue weighted by atomic mass is 79.9. The molecule has 0 aromatic heterocycles. The van der Waals surface area contributed by atoms with Crippen molar-refractivity contribution in [3.05, 3.63) is 97.9 Å². The van der Waals surface area contributed by atoms with Gasteiger partial charge in [0, 0.05) is 34.0 Å². The molecule has 0 saturated heterocycles. The van der Waals surface area contributed by atoms with Crippen LogP contribution in [-0.4, -0.2) is 35.9 Å². The summed E-state index contributed by atoms with van der Waals surface area (Å²) in [4.78, 5) is 28.7. The molecule has 0 unspecified atom stereocenters. The van der Waals surface area contributed by atoms with E-state index in [2.05, 4.69) is 21.2 Å². The predicted octanol–water partition coefficient (Wildman–Crippen LogP) is 6.86. The van der Waals surface area contributed by atoms with Gasteiger partial charge in [-0.05, 0) is 59.9 Å². The summed E-state index contributed by atoms with van der Waals surface area (Å²) in [6.07, 6.45) is 0.346. The quantitative estimate of drug-likeness (QED) is 0.260. The highest BCUT2D eigenvalue weighted by Crippen LogP contribution is 2.25. The number of benzene rings is 3. The highest BCUT2D eigenvalue weighted by molar-refractivity contribution is 9.10. The molecule has 196 valence electrons. The minimum Gasteiger partial charge on any atom is -0.484 e. The summed E-state index contributed by atoms with van der Waals surface area (Å²) in [5, 5.41) is 3.92. The molecule has 1 N–H and O–H groups in total. The first-order valence-corrected chi connectivity index (χ1v) is 13.6. The Morgan fingerprint density at radius 3 is 2.41 bits per heavy atom. The first kappa shape index (κ1) is 29.0. The molecular formula is C29H31BrCl2N2O3. The number of nitrogens with one attached hydrogen (secondary N) is 1. The van der Waals surface area contributed by atoms with E-state index in [0.29, 0.717) is 34.3 Å². The Hall–Kier alpha value is -2.54. The number of ether oxygens (including phenoxy) is 1. The van der Waals surface area contributed by atoms with Gasteiger partial charge in [-0.1, -0.05) is 89.4 Å². The van der Waals surface area contributed by atoms with Gasteiger partial charge in [0.05, 0.1) is 0 Å². The molecule has 0 fully saturated rings. The summed E-state index contributed by atoms with van der Waals surface area (Å²) in [5.74, 6) is 0.283. The molecular weight excluding hydrogens is 575 g/mol. The maximum absolute atomic E-state index is 13.7. The van der Waals surface area contributed by atoms with Crippen LogP contribution in [0.4, 0.5) is 0 Å². The molecule has 0 radical (unpaired) electrons. The molecule has 3 rings (SSSR count).